The van der Waals surface area contributed by atoms with Crippen LogP contribution in [0.1, 0.15) is 29.1 Å². The zero-order valence-corrected chi connectivity index (χ0v) is 12.9. The van der Waals surface area contributed by atoms with Crippen LogP contribution in [0.15, 0.2) is 51.6 Å². The molecule has 1 N–H and O–H groups in total. The van der Waals surface area contributed by atoms with E-state index in [1.54, 1.807) is 43.3 Å². The number of nitrogens with one attached hydrogen (secondary N) is 1. The molecule has 0 unspecified atom stereocenters. The molecule has 0 saturated carbocycles. The fourth-order valence-corrected chi connectivity index (χ4v) is 1.96. The summed E-state index contributed by atoms with van der Waals surface area (Å²) >= 11 is 3.28. The minimum Gasteiger partial charge on any atom is -0.467 e. The van der Waals surface area contributed by atoms with Crippen LogP contribution in [0, 0.1) is 0 Å². The van der Waals surface area contributed by atoms with Gasteiger partial charge in [-0.25, -0.2) is 4.79 Å². The highest BCUT2D eigenvalue weighted by molar-refractivity contribution is 9.10. The Morgan fingerprint density at radius 2 is 2.00 bits per heavy atom. The molecule has 0 fully saturated rings. The first-order valence-electron chi connectivity index (χ1n) is 6.31. The number of rotatable bonds is 5. The lowest BCUT2D eigenvalue weighted by Crippen LogP contribution is -2.30. The lowest BCUT2D eigenvalue weighted by molar-refractivity contribution is -0.125. The van der Waals surface area contributed by atoms with E-state index in [4.69, 9.17) is 9.15 Å². The van der Waals surface area contributed by atoms with E-state index in [2.05, 4.69) is 21.2 Å². The van der Waals surface area contributed by atoms with Crippen molar-refractivity contribution >= 4 is 27.8 Å². The van der Waals surface area contributed by atoms with Gasteiger partial charge in [0.15, 0.2) is 6.61 Å². The van der Waals surface area contributed by atoms with Crippen molar-refractivity contribution in [1.82, 2.24) is 5.32 Å². The molecule has 5 nitrogen and oxygen atoms in total. The summed E-state index contributed by atoms with van der Waals surface area (Å²) in [6.07, 6.45) is 1.53. The highest BCUT2D eigenvalue weighted by atomic mass is 79.9. The molecule has 2 aromatic rings. The van der Waals surface area contributed by atoms with Gasteiger partial charge >= 0.3 is 5.97 Å². The maximum absolute atomic E-state index is 11.7. The van der Waals surface area contributed by atoms with Crippen molar-refractivity contribution in [2.45, 2.75) is 13.0 Å². The number of esters is 1. The SMILES string of the molecule is C[C@@H](NC(=O)COC(=O)c1ccc(Br)cc1)c1ccco1. The fraction of sp³-hybridized carbons (Fsp3) is 0.200. The van der Waals surface area contributed by atoms with E-state index in [1.165, 1.54) is 6.26 Å². The predicted molar refractivity (Wildman–Crippen MR) is 79.7 cm³/mol. The standard InChI is InChI=1S/C15H14BrNO4/c1-10(13-3-2-8-20-13)17-14(18)9-21-15(19)11-4-6-12(16)7-5-11/h2-8,10H,9H2,1H3,(H,17,18)/t10-/m1/s1. The van der Waals surface area contributed by atoms with Crippen molar-refractivity contribution < 1.29 is 18.7 Å². The summed E-state index contributed by atoms with van der Waals surface area (Å²) in [7, 11) is 0. The third-order valence-corrected chi connectivity index (χ3v) is 3.29. The number of carbonyl (C=O) groups is 2. The van der Waals surface area contributed by atoms with Crippen LogP contribution in [0.4, 0.5) is 0 Å². The van der Waals surface area contributed by atoms with E-state index in [0.29, 0.717) is 11.3 Å². The number of halogens is 1. The highest BCUT2D eigenvalue weighted by Gasteiger charge is 2.14. The molecular formula is C15H14BrNO4. The van der Waals surface area contributed by atoms with Gasteiger partial charge in [-0.15, -0.1) is 0 Å². The molecule has 21 heavy (non-hydrogen) atoms. The van der Waals surface area contributed by atoms with E-state index in [-0.39, 0.29) is 18.6 Å². The van der Waals surface area contributed by atoms with Gasteiger partial charge in [0.2, 0.25) is 0 Å². The van der Waals surface area contributed by atoms with E-state index >= 15 is 0 Å². The zero-order valence-electron chi connectivity index (χ0n) is 11.3. The third kappa shape index (κ3) is 4.46. The van der Waals surface area contributed by atoms with Crippen LogP contribution in [0.2, 0.25) is 0 Å². The maximum atomic E-state index is 11.7. The Kier molecular flexibility index (Phi) is 5.16. The van der Waals surface area contributed by atoms with Gasteiger partial charge in [0.1, 0.15) is 5.76 Å². The second-order valence-electron chi connectivity index (χ2n) is 4.39. The minimum absolute atomic E-state index is 0.279. The Morgan fingerprint density at radius 3 is 2.62 bits per heavy atom. The number of benzene rings is 1. The van der Waals surface area contributed by atoms with Gasteiger partial charge in [-0.1, -0.05) is 15.9 Å². The molecule has 0 spiro atoms. The Hall–Kier alpha value is -2.08. The molecule has 0 saturated heterocycles. The van der Waals surface area contributed by atoms with Crippen LogP contribution in [0.25, 0.3) is 0 Å². The first-order chi connectivity index (χ1) is 10.1. The number of furan rings is 1. The van der Waals surface area contributed by atoms with Gasteiger partial charge in [-0.05, 0) is 43.3 Å². The molecule has 1 aromatic heterocycles. The monoisotopic (exact) mass is 351 g/mol. The van der Waals surface area contributed by atoms with Crippen molar-refractivity contribution in [2.24, 2.45) is 0 Å². The summed E-state index contributed by atoms with van der Waals surface area (Å²) in [5.41, 5.74) is 0.394. The lowest BCUT2D eigenvalue weighted by atomic mass is 10.2. The molecular weight excluding hydrogens is 338 g/mol. The molecule has 1 heterocycles. The van der Waals surface area contributed by atoms with E-state index in [1.807, 2.05) is 0 Å². The molecule has 0 bridgehead atoms. The number of ether oxygens (including phenoxy) is 1. The van der Waals surface area contributed by atoms with Crippen molar-refractivity contribution in [3.63, 3.8) is 0 Å². The maximum Gasteiger partial charge on any atom is 0.338 e. The molecule has 0 aliphatic heterocycles. The quantitative estimate of drug-likeness (QED) is 0.840. The first kappa shape index (κ1) is 15.3. The number of amides is 1. The second-order valence-corrected chi connectivity index (χ2v) is 5.30. The number of hydrogen-bond donors (Lipinski definition) is 1. The first-order valence-corrected chi connectivity index (χ1v) is 7.11. The Balaban J connectivity index is 1.81. The van der Waals surface area contributed by atoms with Crippen LogP contribution < -0.4 is 5.32 Å². The van der Waals surface area contributed by atoms with Crippen LogP contribution in [-0.4, -0.2) is 18.5 Å². The summed E-state index contributed by atoms with van der Waals surface area (Å²) in [6.45, 7) is 1.45. The van der Waals surface area contributed by atoms with Gasteiger partial charge in [0.05, 0.1) is 17.9 Å². The normalized spacial score (nSPS) is 11.7. The highest BCUT2D eigenvalue weighted by Crippen LogP contribution is 2.13. The summed E-state index contributed by atoms with van der Waals surface area (Å²) in [5, 5.41) is 2.68. The minimum atomic E-state index is -0.539. The summed E-state index contributed by atoms with van der Waals surface area (Å²) in [6, 6.07) is 9.93. The van der Waals surface area contributed by atoms with Gasteiger partial charge in [-0.2, -0.15) is 0 Å². The molecule has 0 radical (unpaired) electrons. The molecule has 0 aliphatic rings. The molecule has 0 aliphatic carbocycles. The van der Waals surface area contributed by atoms with Crippen LogP contribution in [-0.2, 0) is 9.53 Å². The molecule has 6 heteroatoms. The summed E-state index contributed by atoms with van der Waals surface area (Å²) in [4.78, 5) is 23.4. The zero-order chi connectivity index (χ0) is 15.2. The Morgan fingerprint density at radius 1 is 1.29 bits per heavy atom. The van der Waals surface area contributed by atoms with E-state index < -0.39 is 5.97 Å². The molecule has 1 amide bonds. The van der Waals surface area contributed by atoms with Crippen molar-refractivity contribution in [3.8, 4) is 0 Å². The van der Waals surface area contributed by atoms with Gasteiger partial charge in [0.25, 0.3) is 5.91 Å². The Bertz CT molecular complexity index is 607. The summed E-state index contributed by atoms with van der Waals surface area (Å²) in [5.74, 6) is -0.282. The van der Waals surface area contributed by atoms with Crippen LogP contribution in [0.5, 0.6) is 0 Å². The number of hydrogen-bond acceptors (Lipinski definition) is 4. The van der Waals surface area contributed by atoms with Gasteiger partial charge in [-0.3, -0.25) is 4.79 Å². The van der Waals surface area contributed by atoms with E-state index in [9.17, 15) is 9.59 Å². The molecule has 1 aromatic carbocycles. The topological polar surface area (TPSA) is 68.5 Å². The van der Waals surface area contributed by atoms with Crippen LogP contribution >= 0.6 is 15.9 Å². The largest absolute Gasteiger partial charge is 0.467 e. The lowest BCUT2D eigenvalue weighted by Gasteiger charge is -2.11. The smallest absolute Gasteiger partial charge is 0.338 e. The van der Waals surface area contributed by atoms with Gasteiger partial charge < -0.3 is 14.5 Å². The second kappa shape index (κ2) is 7.08. The average molecular weight is 352 g/mol. The van der Waals surface area contributed by atoms with Crippen molar-refractivity contribution in [3.05, 3.63) is 58.5 Å². The van der Waals surface area contributed by atoms with E-state index in [0.717, 1.165) is 4.47 Å². The van der Waals surface area contributed by atoms with Crippen LogP contribution in [0.3, 0.4) is 0 Å². The Labute approximate surface area is 130 Å². The van der Waals surface area contributed by atoms with Crippen molar-refractivity contribution in [2.75, 3.05) is 6.61 Å². The summed E-state index contributed by atoms with van der Waals surface area (Å²) < 4.78 is 11.0. The average Bonchev–Trinajstić information content (AvgIpc) is 3.00. The molecule has 1 atom stereocenters. The van der Waals surface area contributed by atoms with Crippen molar-refractivity contribution in [1.29, 1.82) is 0 Å². The number of carbonyl (C=O) groups excluding carboxylic acids is 2. The molecule has 2 rings (SSSR count). The fourth-order valence-electron chi connectivity index (χ4n) is 1.69. The molecule has 110 valence electrons. The predicted octanol–water partition coefficient (Wildman–Crippen LogP) is 3.08. The third-order valence-electron chi connectivity index (χ3n) is 2.76. The van der Waals surface area contributed by atoms with Gasteiger partial charge in [0, 0.05) is 4.47 Å².